The maximum Gasteiger partial charge on any atom is 0.329 e. The van der Waals surface area contributed by atoms with Crippen molar-refractivity contribution >= 4 is 12.0 Å². The average Bonchev–Trinajstić information content (AvgIpc) is 3.09. The highest BCUT2D eigenvalue weighted by Crippen LogP contribution is 2.38. The van der Waals surface area contributed by atoms with Crippen LogP contribution in [0.25, 0.3) is 0 Å². The molecule has 1 saturated heterocycles. The molecule has 6 nitrogen and oxygen atoms in total. The Bertz CT molecular complexity index is 379. The second-order valence-electron chi connectivity index (χ2n) is 5.94. The van der Waals surface area contributed by atoms with Gasteiger partial charge < -0.3 is 20.1 Å². The highest BCUT2D eigenvalue weighted by Gasteiger charge is 2.43. The zero-order valence-electron chi connectivity index (χ0n) is 11.7. The summed E-state index contributed by atoms with van der Waals surface area (Å²) in [6.07, 6.45) is 3.22. The summed E-state index contributed by atoms with van der Waals surface area (Å²) in [4.78, 5) is 24.5. The van der Waals surface area contributed by atoms with Gasteiger partial charge in [-0.1, -0.05) is 0 Å². The molecule has 2 fully saturated rings. The Balaban J connectivity index is 1.94. The average molecular weight is 270 g/mol. The summed E-state index contributed by atoms with van der Waals surface area (Å²) in [6.45, 7) is 3.69. The van der Waals surface area contributed by atoms with Crippen molar-refractivity contribution in [1.82, 2.24) is 10.2 Å². The third kappa shape index (κ3) is 2.83. The molecule has 2 N–H and O–H groups in total. The SMILES string of the molecule is CN(C(=O)NC1CCOC1C1CC1)C(C)(C)C(=O)O. The third-order valence-corrected chi connectivity index (χ3v) is 4.20. The minimum atomic E-state index is -1.22. The van der Waals surface area contributed by atoms with Crippen molar-refractivity contribution in [1.29, 1.82) is 0 Å². The van der Waals surface area contributed by atoms with Crippen LogP contribution in [0.5, 0.6) is 0 Å². The predicted octanol–water partition coefficient (Wildman–Crippen LogP) is 1.06. The van der Waals surface area contributed by atoms with Crippen molar-refractivity contribution in [2.75, 3.05) is 13.7 Å². The van der Waals surface area contributed by atoms with E-state index < -0.39 is 11.5 Å². The van der Waals surface area contributed by atoms with Crippen LogP contribution in [0.3, 0.4) is 0 Å². The summed E-state index contributed by atoms with van der Waals surface area (Å²) >= 11 is 0. The second kappa shape index (κ2) is 5.00. The molecule has 1 heterocycles. The molecule has 0 aromatic rings. The van der Waals surface area contributed by atoms with Gasteiger partial charge >= 0.3 is 12.0 Å². The molecule has 1 aliphatic heterocycles. The lowest BCUT2D eigenvalue weighted by molar-refractivity contribution is -0.146. The summed E-state index contributed by atoms with van der Waals surface area (Å²) in [5, 5.41) is 12.0. The number of carbonyl (C=O) groups is 2. The molecule has 2 aliphatic rings. The molecule has 19 heavy (non-hydrogen) atoms. The van der Waals surface area contributed by atoms with Crippen LogP contribution in [0, 0.1) is 5.92 Å². The van der Waals surface area contributed by atoms with E-state index in [4.69, 9.17) is 9.84 Å². The molecule has 0 spiro atoms. The number of aliphatic carboxylic acids is 1. The number of nitrogens with one attached hydrogen (secondary N) is 1. The van der Waals surface area contributed by atoms with Crippen molar-refractivity contribution in [3.05, 3.63) is 0 Å². The van der Waals surface area contributed by atoms with Crippen molar-refractivity contribution < 1.29 is 19.4 Å². The Morgan fingerprint density at radius 2 is 1.95 bits per heavy atom. The molecule has 0 aromatic carbocycles. The zero-order valence-corrected chi connectivity index (χ0v) is 11.7. The largest absolute Gasteiger partial charge is 0.480 e. The van der Waals surface area contributed by atoms with Gasteiger partial charge in [-0.15, -0.1) is 0 Å². The quantitative estimate of drug-likeness (QED) is 0.800. The normalized spacial score (nSPS) is 27.1. The summed E-state index contributed by atoms with van der Waals surface area (Å²) in [7, 11) is 1.51. The number of nitrogens with zero attached hydrogens (tertiary/aromatic N) is 1. The van der Waals surface area contributed by atoms with E-state index in [1.807, 2.05) is 0 Å². The fourth-order valence-electron chi connectivity index (χ4n) is 2.31. The van der Waals surface area contributed by atoms with Gasteiger partial charge in [-0.2, -0.15) is 0 Å². The summed E-state index contributed by atoms with van der Waals surface area (Å²) in [5.41, 5.74) is -1.22. The van der Waals surface area contributed by atoms with E-state index in [9.17, 15) is 9.59 Å². The number of rotatable bonds is 4. The number of urea groups is 1. The lowest BCUT2D eigenvalue weighted by Crippen LogP contribution is -2.56. The molecule has 2 rings (SSSR count). The van der Waals surface area contributed by atoms with Gasteiger partial charge in [-0.25, -0.2) is 9.59 Å². The molecule has 1 saturated carbocycles. The fraction of sp³-hybridized carbons (Fsp3) is 0.846. The van der Waals surface area contributed by atoms with Gasteiger partial charge in [0.1, 0.15) is 5.54 Å². The molecule has 2 unspecified atom stereocenters. The zero-order chi connectivity index (χ0) is 14.2. The minimum absolute atomic E-state index is 0.00652. The van der Waals surface area contributed by atoms with E-state index in [1.165, 1.54) is 25.8 Å². The number of amides is 2. The molecular weight excluding hydrogens is 248 g/mol. The van der Waals surface area contributed by atoms with Gasteiger partial charge in [0.2, 0.25) is 0 Å². The van der Waals surface area contributed by atoms with Gasteiger partial charge in [0.15, 0.2) is 0 Å². The fourth-order valence-corrected chi connectivity index (χ4v) is 2.31. The topological polar surface area (TPSA) is 78.9 Å². The van der Waals surface area contributed by atoms with Crippen LogP contribution < -0.4 is 5.32 Å². The molecule has 108 valence electrons. The number of carboxylic acids is 1. The number of likely N-dealkylation sites (N-methyl/N-ethyl adjacent to an activating group) is 1. The van der Waals surface area contributed by atoms with Crippen molar-refractivity contribution in [3.8, 4) is 0 Å². The first-order valence-electron chi connectivity index (χ1n) is 6.73. The smallest absolute Gasteiger partial charge is 0.329 e. The van der Waals surface area contributed by atoms with Gasteiger partial charge in [0, 0.05) is 13.7 Å². The highest BCUT2D eigenvalue weighted by molar-refractivity contribution is 5.85. The maximum absolute atomic E-state index is 12.1. The minimum Gasteiger partial charge on any atom is -0.480 e. The maximum atomic E-state index is 12.1. The number of hydrogen-bond acceptors (Lipinski definition) is 3. The Labute approximate surface area is 113 Å². The van der Waals surface area contributed by atoms with Crippen LogP contribution in [0.4, 0.5) is 4.79 Å². The number of carbonyl (C=O) groups excluding carboxylic acids is 1. The van der Waals surface area contributed by atoms with E-state index in [-0.39, 0.29) is 18.2 Å². The van der Waals surface area contributed by atoms with Crippen molar-refractivity contribution in [2.24, 2.45) is 5.92 Å². The van der Waals surface area contributed by atoms with E-state index in [0.717, 1.165) is 19.3 Å². The first-order valence-corrected chi connectivity index (χ1v) is 6.73. The van der Waals surface area contributed by atoms with Gasteiger partial charge in [0.05, 0.1) is 12.1 Å². The van der Waals surface area contributed by atoms with Gasteiger partial charge in [-0.3, -0.25) is 0 Å². The molecule has 6 heteroatoms. The lowest BCUT2D eigenvalue weighted by atomic mass is 10.0. The first-order chi connectivity index (χ1) is 8.84. The van der Waals surface area contributed by atoms with Crippen LogP contribution in [0.2, 0.25) is 0 Å². The van der Waals surface area contributed by atoms with E-state index in [2.05, 4.69) is 5.32 Å². The van der Waals surface area contributed by atoms with Crippen LogP contribution >= 0.6 is 0 Å². The molecular formula is C13H22N2O4. The number of ether oxygens (including phenoxy) is 1. The van der Waals surface area contributed by atoms with Gasteiger partial charge in [-0.05, 0) is 39.0 Å². The molecule has 0 radical (unpaired) electrons. The lowest BCUT2D eigenvalue weighted by Gasteiger charge is -2.33. The Kier molecular flexibility index (Phi) is 3.71. The number of hydrogen-bond donors (Lipinski definition) is 2. The van der Waals surface area contributed by atoms with Crippen LogP contribution in [0.15, 0.2) is 0 Å². The standard InChI is InChI=1S/C13H22N2O4/c1-13(2,11(16)17)15(3)12(18)14-9-6-7-19-10(9)8-4-5-8/h8-10H,4-7H2,1-3H3,(H,14,18)(H,16,17). The Morgan fingerprint density at radius 3 is 2.47 bits per heavy atom. The number of carboxylic acid groups (broad SMARTS) is 1. The van der Waals surface area contributed by atoms with Crippen molar-refractivity contribution in [3.63, 3.8) is 0 Å². The molecule has 2 amide bonds. The molecule has 1 aliphatic carbocycles. The molecule has 2 atom stereocenters. The predicted molar refractivity (Wildman–Crippen MR) is 68.9 cm³/mol. The highest BCUT2D eigenvalue weighted by atomic mass is 16.5. The molecule has 0 bridgehead atoms. The van der Waals surface area contributed by atoms with E-state index >= 15 is 0 Å². The summed E-state index contributed by atoms with van der Waals surface area (Å²) < 4.78 is 5.65. The van der Waals surface area contributed by atoms with Crippen LogP contribution in [-0.2, 0) is 9.53 Å². The second-order valence-corrected chi connectivity index (χ2v) is 5.94. The van der Waals surface area contributed by atoms with Crippen LogP contribution in [0.1, 0.15) is 33.1 Å². The Morgan fingerprint density at radius 1 is 1.32 bits per heavy atom. The third-order valence-electron chi connectivity index (χ3n) is 4.20. The van der Waals surface area contributed by atoms with Crippen molar-refractivity contribution in [2.45, 2.75) is 50.8 Å². The summed E-state index contributed by atoms with van der Waals surface area (Å²) in [6, 6.07) is -0.347. The van der Waals surface area contributed by atoms with E-state index in [0.29, 0.717) is 12.5 Å². The summed E-state index contributed by atoms with van der Waals surface area (Å²) in [5.74, 6) is -0.461. The monoisotopic (exact) mass is 270 g/mol. The van der Waals surface area contributed by atoms with Crippen LogP contribution in [-0.4, -0.2) is 53.3 Å². The Hall–Kier alpha value is -1.30. The molecule has 0 aromatic heterocycles. The van der Waals surface area contributed by atoms with E-state index in [1.54, 1.807) is 0 Å². The van der Waals surface area contributed by atoms with Gasteiger partial charge in [0.25, 0.3) is 0 Å². The first kappa shape index (κ1) is 14.1.